The Morgan fingerprint density at radius 3 is 2.68 bits per heavy atom. The molecule has 0 aromatic carbocycles. The summed E-state index contributed by atoms with van der Waals surface area (Å²) in [5, 5.41) is 0. The summed E-state index contributed by atoms with van der Waals surface area (Å²) in [6.45, 7) is 8.92. The second-order valence-corrected chi connectivity index (χ2v) is 6.51. The van der Waals surface area contributed by atoms with Gasteiger partial charge in [-0.3, -0.25) is 9.59 Å². The highest BCUT2D eigenvalue weighted by Gasteiger charge is 2.37. The van der Waals surface area contributed by atoms with E-state index >= 15 is 0 Å². The molecule has 0 aromatic rings. The molecular formula is C14H24N2O3. The van der Waals surface area contributed by atoms with E-state index in [2.05, 4.69) is 20.8 Å². The van der Waals surface area contributed by atoms with Crippen molar-refractivity contribution in [1.29, 1.82) is 0 Å². The quantitative estimate of drug-likeness (QED) is 0.699. The maximum atomic E-state index is 12.5. The predicted molar refractivity (Wildman–Crippen MR) is 71.6 cm³/mol. The van der Waals surface area contributed by atoms with Crippen molar-refractivity contribution in [3.05, 3.63) is 0 Å². The molecule has 0 bridgehead atoms. The van der Waals surface area contributed by atoms with Crippen molar-refractivity contribution in [2.75, 3.05) is 26.2 Å². The number of carbonyl (C=O) groups excluding carboxylic acids is 2. The minimum atomic E-state index is -0.254. The Bertz CT molecular complexity index is 351. The third-order valence-electron chi connectivity index (χ3n) is 4.06. The van der Waals surface area contributed by atoms with Crippen LogP contribution in [0.15, 0.2) is 0 Å². The molecule has 2 rings (SSSR count). The molecular weight excluding hydrogens is 244 g/mol. The molecule has 2 saturated heterocycles. The van der Waals surface area contributed by atoms with E-state index in [4.69, 9.17) is 4.74 Å². The molecule has 5 nitrogen and oxygen atoms in total. The van der Waals surface area contributed by atoms with Gasteiger partial charge in [0.25, 0.3) is 0 Å². The van der Waals surface area contributed by atoms with Gasteiger partial charge in [-0.2, -0.15) is 0 Å². The van der Waals surface area contributed by atoms with E-state index in [1.54, 1.807) is 4.90 Å². The molecule has 2 aliphatic rings. The van der Waals surface area contributed by atoms with Gasteiger partial charge in [0, 0.05) is 19.6 Å². The van der Waals surface area contributed by atoms with E-state index in [1.165, 1.54) is 0 Å². The van der Waals surface area contributed by atoms with Crippen LogP contribution in [0.3, 0.4) is 0 Å². The zero-order chi connectivity index (χ0) is 14.0. The molecule has 5 heteroatoms. The fourth-order valence-corrected chi connectivity index (χ4v) is 2.76. The molecule has 0 saturated carbocycles. The van der Waals surface area contributed by atoms with Crippen molar-refractivity contribution in [3.63, 3.8) is 0 Å². The summed E-state index contributed by atoms with van der Waals surface area (Å²) in [7, 11) is 0. The lowest BCUT2D eigenvalue weighted by Gasteiger charge is -2.40. The van der Waals surface area contributed by atoms with E-state index in [0.29, 0.717) is 26.2 Å². The number of rotatable bonds is 2. The first-order valence-electron chi connectivity index (χ1n) is 7.05. The molecule has 19 heavy (non-hydrogen) atoms. The zero-order valence-electron chi connectivity index (χ0n) is 12.1. The molecule has 0 aliphatic carbocycles. The minimum absolute atomic E-state index is 0.0268. The molecule has 0 N–H and O–H groups in total. The van der Waals surface area contributed by atoms with Crippen molar-refractivity contribution >= 4 is 12.3 Å². The highest BCUT2D eigenvalue weighted by molar-refractivity contribution is 5.84. The fraction of sp³-hybridized carbons (Fsp3) is 0.857. The highest BCUT2D eigenvalue weighted by Crippen LogP contribution is 2.26. The third-order valence-corrected chi connectivity index (χ3v) is 4.06. The zero-order valence-corrected chi connectivity index (χ0v) is 12.1. The van der Waals surface area contributed by atoms with Crippen LogP contribution in [0.5, 0.6) is 0 Å². The van der Waals surface area contributed by atoms with Crippen molar-refractivity contribution in [2.24, 2.45) is 5.41 Å². The first-order chi connectivity index (χ1) is 8.93. The van der Waals surface area contributed by atoms with E-state index in [0.717, 1.165) is 19.3 Å². The molecule has 2 atom stereocenters. The van der Waals surface area contributed by atoms with Gasteiger partial charge in [0.1, 0.15) is 6.04 Å². The van der Waals surface area contributed by atoms with E-state index in [1.807, 2.05) is 4.90 Å². The van der Waals surface area contributed by atoms with Crippen molar-refractivity contribution in [1.82, 2.24) is 9.80 Å². The van der Waals surface area contributed by atoms with Crippen molar-refractivity contribution < 1.29 is 14.3 Å². The highest BCUT2D eigenvalue weighted by atomic mass is 16.5. The van der Waals surface area contributed by atoms with Crippen LogP contribution in [0.25, 0.3) is 0 Å². The van der Waals surface area contributed by atoms with Crippen LogP contribution in [0, 0.1) is 5.41 Å². The maximum absolute atomic E-state index is 12.5. The van der Waals surface area contributed by atoms with Gasteiger partial charge in [0.05, 0.1) is 12.7 Å². The lowest BCUT2D eigenvalue weighted by atomic mass is 9.88. The largest absolute Gasteiger partial charge is 0.374 e. The number of nitrogens with zero attached hydrogens (tertiary/aromatic N) is 2. The van der Waals surface area contributed by atoms with Crippen LogP contribution in [0.2, 0.25) is 0 Å². The summed E-state index contributed by atoms with van der Waals surface area (Å²) < 4.78 is 5.76. The molecule has 2 fully saturated rings. The predicted octanol–water partition coefficient (Wildman–Crippen LogP) is 0.881. The maximum Gasteiger partial charge on any atom is 0.245 e. The summed E-state index contributed by atoms with van der Waals surface area (Å²) >= 11 is 0. The van der Waals surface area contributed by atoms with Gasteiger partial charge in [0.15, 0.2) is 0 Å². The number of amides is 2. The molecule has 0 unspecified atom stereocenters. The number of likely N-dealkylation sites (tertiary alicyclic amines) is 1. The van der Waals surface area contributed by atoms with Crippen LogP contribution in [-0.4, -0.2) is 60.5 Å². The third kappa shape index (κ3) is 3.08. The smallest absolute Gasteiger partial charge is 0.245 e. The monoisotopic (exact) mass is 268 g/mol. The average Bonchev–Trinajstić information content (AvgIpc) is 2.85. The number of carbonyl (C=O) groups is 2. The lowest BCUT2D eigenvalue weighted by Crippen LogP contribution is -2.54. The Balaban J connectivity index is 2.01. The van der Waals surface area contributed by atoms with Crippen LogP contribution >= 0.6 is 0 Å². The van der Waals surface area contributed by atoms with Crippen molar-refractivity contribution in [3.8, 4) is 0 Å². The van der Waals surface area contributed by atoms with Crippen molar-refractivity contribution in [2.45, 2.75) is 45.8 Å². The Morgan fingerprint density at radius 1 is 1.32 bits per heavy atom. The van der Waals surface area contributed by atoms with E-state index < -0.39 is 0 Å². The standard InChI is InChI=1S/C14H24N2O3/c1-14(2,3)12-9-15(7-8-19-12)13(18)11-5-4-6-16(11)10-17/h10-12H,4-9H2,1-3H3/t11-,12+/m1/s1. The Hall–Kier alpha value is -1.10. The van der Waals surface area contributed by atoms with Gasteiger partial charge in [-0.1, -0.05) is 20.8 Å². The van der Waals surface area contributed by atoms with Gasteiger partial charge in [0.2, 0.25) is 12.3 Å². The van der Waals surface area contributed by atoms with E-state index in [9.17, 15) is 9.59 Å². The molecule has 2 aliphatic heterocycles. The average molecular weight is 268 g/mol. The molecule has 0 radical (unpaired) electrons. The van der Waals surface area contributed by atoms with Gasteiger partial charge in [-0.05, 0) is 18.3 Å². The second-order valence-electron chi connectivity index (χ2n) is 6.51. The van der Waals surface area contributed by atoms with Gasteiger partial charge >= 0.3 is 0 Å². The number of hydrogen-bond donors (Lipinski definition) is 0. The van der Waals surface area contributed by atoms with Crippen LogP contribution in [0.1, 0.15) is 33.6 Å². The second kappa shape index (κ2) is 5.49. The summed E-state index contributed by atoms with van der Waals surface area (Å²) in [6, 6.07) is -0.254. The first kappa shape index (κ1) is 14.3. The molecule has 108 valence electrons. The summed E-state index contributed by atoms with van der Waals surface area (Å²) in [6.07, 6.45) is 2.57. The van der Waals surface area contributed by atoms with Crippen LogP contribution < -0.4 is 0 Å². The molecule has 0 spiro atoms. The number of morpholine rings is 1. The van der Waals surface area contributed by atoms with Gasteiger partial charge in [-0.15, -0.1) is 0 Å². The summed E-state index contributed by atoms with van der Waals surface area (Å²) in [5.74, 6) is 0.0853. The molecule has 0 aromatic heterocycles. The Labute approximate surface area is 114 Å². The first-order valence-corrected chi connectivity index (χ1v) is 7.05. The van der Waals surface area contributed by atoms with E-state index in [-0.39, 0.29) is 23.5 Å². The number of hydrogen-bond acceptors (Lipinski definition) is 3. The van der Waals surface area contributed by atoms with Crippen LogP contribution in [0.4, 0.5) is 0 Å². The normalized spacial score (nSPS) is 28.6. The lowest BCUT2D eigenvalue weighted by molar-refractivity contribution is -0.149. The minimum Gasteiger partial charge on any atom is -0.374 e. The summed E-state index contributed by atoms with van der Waals surface area (Å²) in [5.41, 5.74) is 0.0268. The molecule has 2 heterocycles. The number of ether oxygens (including phenoxy) is 1. The fourth-order valence-electron chi connectivity index (χ4n) is 2.76. The Kier molecular flexibility index (Phi) is 4.13. The van der Waals surface area contributed by atoms with Gasteiger partial charge < -0.3 is 14.5 Å². The topological polar surface area (TPSA) is 49.9 Å². The SMILES string of the molecule is CC(C)(C)[C@@H]1CN(C(=O)[C@H]2CCCN2C=O)CCO1. The van der Waals surface area contributed by atoms with Crippen LogP contribution in [-0.2, 0) is 14.3 Å². The summed E-state index contributed by atoms with van der Waals surface area (Å²) in [4.78, 5) is 27.0. The molecule has 2 amide bonds. The Morgan fingerprint density at radius 2 is 2.05 bits per heavy atom. The van der Waals surface area contributed by atoms with Gasteiger partial charge in [-0.25, -0.2) is 0 Å².